The van der Waals surface area contributed by atoms with Gasteiger partial charge in [-0.1, -0.05) is 0 Å². The normalized spacial score (nSPS) is 11.9. The molecule has 1 rings (SSSR count). The molecule has 15 heavy (non-hydrogen) atoms. The fraction of sp³-hybridized carbons (Fsp3) is 0.625. The van der Waals surface area contributed by atoms with Crippen LogP contribution >= 0.6 is 0 Å². The van der Waals surface area contributed by atoms with Gasteiger partial charge in [-0.25, -0.2) is 18.1 Å². The molecular formula is C8H16N4O2S. The Bertz CT molecular complexity index is 399. The third-order valence-corrected chi connectivity index (χ3v) is 3.43. The summed E-state index contributed by atoms with van der Waals surface area (Å²) in [5.41, 5.74) is 0. The largest absolute Gasteiger partial charge is 0.321 e. The van der Waals surface area contributed by atoms with Gasteiger partial charge in [0.25, 0.3) is 10.0 Å². The van der Waals surface area contributed by atoms with E-state index >= 15 is 0 Å². The molecule has 1 heterocycles. The number of aromatic nitrogens is 2. The fourth-order valence-corrected chi connectivity index (χ4v) is 2.36. The van der Waals surface area contributed by atoms with Crippen LogP contribution in [0.15, 0.2) is 17.6 Å². The molecule has 0 atom stereocenters. The molecule has 0 aliphatic heterocycles. The van der Waals surface area contributed by atoms with Crippen molar-refractivity contribution in [3.63, 3.8) is 0 Å². The highest BCUT2D eigenvalue weighted by Gasteiger charge is 2.17. The molecule has 0 fully saturated rings. The van der Waals surface area contributed by atoms with Gasteiger partial charge < -0.3 is 9.88 Å². The molecule has 0 aliphatic rings. The molecular weight excluding hydrogens is 216 g/mol. The molecule has 86 valence electrons. The van der Waals surface area contributed by atoms with Crippen molar-refractivity contribution < 1.29 is 8.42 Å². The van der Waals surface area contributed by atoms with E-state index in [-0.39, 0.29) is 5.03 Å². The average molecular weight is 232 g/mol. The van der Waals surface area contributed by atoms with Gasteiger partial charge in [0, 0.05) is 19.6 Å². The molecule has 1 aromatic rings. The average Bonchev–Trinajstić information content (AvgIpc) is 2.66. The van der Waals surface area contributed by atoms with Gasteiger partial charge in [-0.2, -0.15) is 0 Å². The van der Waals surface area contributed by atoms with Crippen LogP contribution in [0.4, 0.5) is 0 Å². The lowest BCUT2D eigenvalue weighted by Gasteiger charge is -2.07. The molecule has 0 radical (unpaired) electrons. The standard InChI is InChI=1S/C8H16N4O2S/c1-3-12-7-10-6-8(12)15(13,14)11-5-4-9-2/h6-7,9,11H,3-5H2,1-2H3. The highest BCUT2D eigenvalue weighted by Crippen LogP contribution is 2.06. The molecule has 6 nitrogen and oxygen atoms in total. The van der Waals surface area contributed by atoms with Crippen LogP contribution in [0, 0.1) is 0 Å². The number of rotatable bonds is 6. The first kappa shape index (κ1) is 12.2. The third-order valence-electron chi connectivity index (χ3n) is 1.96. The zero-order chi connectivity index (χ0) is 11.3. The van der Waals surface area contributed by atoms with E-state index in [1.165, 1.54) is 12.5 Å². The van der Waals surface area contributed by atoms with Crippen LogP contribution in [-0.2, 0) is 16.6 Å². The van der Waals surface area contributed by atoms with Crippen molar-refractivity contribution in [2.75, 3.05) is 20.1 Å². The van der Waals surface area contributed by atoms with Crippen LogP contribution in [0.3, 0.4) is 0 Å². The Morgan fingerprint density at radius 2 is 2.20 bits per heavy atom. The number of nitrogens with zero attached hydrogens (tertiary/aromatic N) is 2. The number of imidazole rings is 1. The molecule has 0 aliphatic carbocycles. The van der Waals surface area contributed by atoms with Crippen molar-refractivity contribution in [1.29, 1.82) is 0 Å². The van der Waals surface area contributed by atoms with Crippen molar-refractivity contribution in [3.05, 3.63) is 12.5 Å². The van der Waals surface area contributed by atoms with Crippen LogP contribution in [0.2, 0.25) is 0 Å². The smallest absolute Gasteiger partial charge is 0.257 e. The number of sulfonamides is 1. The number of hydrogen-bond acceptors (Lipinski definition) is 4. The molecule has 0 amide bonds. The maximum atomic E-state index is 11.7. The summed E-state index contributed by atoms with van der Waals surface area (Å²) in [7, 11) is -1.65. The van der Waals surface area contributed by atoms with Crippen LogP contribution in [0.25, 0.3) is 0 Å². The molecule has 0 bridgehead atoms. The van der Waals surface area contributed by atoms with Crippen molar-refractivity contribution in [1.82, 2.24) is 19.6 Å². The predicted octanol–water partition coefficient (Wildman–Crippen LogP) is -0.599. The number of nitrogens with one attached hydrogen (secondary N) is 2. The molecule has 0 saturated carbocycles. The van der Waals surface area contributed by atoms with E-state index < -0.39 is 10.0 Å². The Kier molecular flexibility index (Phi) is 4.25. The summed E-state index contributed by atoms with van der Waals surface area (Å²) in [6, 6.07) is 0. The van der Waals surface area contributed by atoms with Gasteiger partial charge in [-0.3, -0.25) is 0 Å². The first-order valence-corrected chi connectivity index (χ1v) is 6.24. The van der Waals surface area contributed by atoms with E-state index in [9.17, 15) is 8.42 Å². The maximum absolute atomic E-state index is 11.7. The number of likely N-dealkylation sites (N-methyl/N-ethyl adjacent to an activating group) is 1. The van der Waals surface area contributed by atoms with E-state index in [0.29, 0.717) is 19.6 Å². The van der Waals surface area contributed by atoms with Gasteiger partial charge in [0.05, 0.1) is 12.5 Å². The minimum absolute atomic E-state index is 0.209. The summed E-state index contributed by atoms with van der Waals surface area (Å²) in [4.78, 5) is 3.82. The monoisotopic (exact) mass is 232 g/mol. The SMILES string of the molecule is CCn1cncc1S(=O)(=O)NCCNC. The number of aryl methyl sites for hydroxylation is 1. The van der Waals surface area contributed by atoms with Gasteiger partial charge in [-0.05, 0) is 14.0 Å². The van der Waals surface area contributed by atoms with E-state index in [4.69, 9.17) is 0 Å². The fourth-order valence-electron chi connectivity index (χ4n) is 1.15. The van der Waals surface area contributed by atoms with Crippen LogP contribution < -0.4 is 10.0 Å². The Hall–Kier alpha value is -0.920. The van der Waals surface area contributed by atoms with Gasteiger partial charge in [0.15, 0.2) is 5.03 Å². The Balaban J connectivity index is 2.77. The quantitative estimate of drug-likeness (QED) is 0.642. The third kappa shape index (κ3) is 3.01. The van der Waals surface area contributed by atoms with Gasteiger partial charge in [0.2, 0.25) is 0 Å². The minimum Gasteiger partial charge on any atom is -0.321 e. The van der Waals surface area contributed by atoms with E-state index in [1.807, 2.05) is 6.92 Å². The summed E-state index contributed by atoms with van der Waals surface area (Å²) in [5.74, 6) is 0. The minimum atomic E-state index is -3.42. The zero-order valence-electron chi connectivity index (χ0n) is 8.90. The van der Waals surface area contributed by atoms with E-state index in [0.717, 1.165) is 0 Å². The highest BCUT2D eigenvalue weighted by atomic mass is 32.2. The molecule has 0 unspecified atom stereocenters. The molecule has 0 aromatic carbocycles. The van der Waals surface area contributed by atoms with E-state index in [1.54, 1.807) is 11.6 Å². The molecule has 2 N–H and O–H groups in total. The summed E-state index contributed by atoms with van der Waals surface area (Å²) in [5, 5.41) is 3.07. The molecule has 0 saturated heterocycles. The van der Waals surface area contributed by atoms with E-state index in [2.05, 4.69) is 15.0 Å². The Morgan fingerprint density at radius 1 is 1.47 bits per heavy atom. The van der Waals surface area contributed by atoms with Crippen LogP contribution in [0.5, 0.6) is 0 Å². The van der Waals surface area contributed by atoms with Gasteiger partial charge in [-0.15, -0.1) is 0 Å². The maximum Gasteiger partial charge on any atom is 0.257 e. The molecule has 1 aromatic heterocycles. The Labute approximate surface area is 89.8 Å². The zero-order valence-corrected chi connectivity index (χ0v) is 9.71. The molecule has 0 spiro atoms. The second kappa shape index (κ2) is 5.24. The second-order valence-electron chi connectivity index (χ2n) is 3.02. The van der Waals surface area contributed by atoms with Crippen molar-refractivity contribution in [2.24, 2.45) is 0 Å². The second-order valence-corrected chi connectivity index (χ2v) is 4.73. The summed E-state index contributed by atoms with van der Waals surface area (Å²) < 4.78 is 27.6. The van der Waals surface area contributed by atoms with Crippen LogP contribution in [0.1, 0.15) is 6.92 Å². The lowest BCUT2D eigenvalue weighted by molar-refractivity contribution is 0.562. The topological polar surface area (TPSA) is 76.0 Å². The first-order valence-electron chi connectivity index (χ1n) is 4.76. The first-order chi connectivity index (χ1) is 7.11. The Morgan fingerprint density at radius 3 is 2.80 bits per heavy atom. The lowest BCUT2D eigenvalue weighted by atomic mass is 10.7. The highest BCUT2D eigenvalue weighted by molar-refractivity contribution is 7.89. The summed E-state index contributed by atoms with van der Waals surface area (Å²) >= 11 is 0. The molecule has 7 heteroatoms. The lowest BCUT2D eigenvalue weighted by Crippen LogP contribution is -2.31. The van der Waals surface area contributed by atoms with Crippen LogP contribution in [-0.4, -0.2) is 38.1 Å². The summed E-state index contributed by atoms with van der Waals surface area (Å²) in [6.07, 6.45) is 2.86. The predicted molar refractivity (Wildman–Crippen MR) is 57.0 cm³/mol. The van der Waals surface area contributed by atoms with Gasteiger partial charge in [0.1, 0.15) is 0 Å². The van der Waals surface area contributed by atoms with Crippen molar-refractivity contribution in [2.45, 2.75) is 18.5 Å². The summed E-state index contributed by atoms with van der Waals surface area (Å²) in [6.45, 7) is 3.42. The van der Waals surface area contributed by atoms with Crippen molar-refractivity contribution in [3.8, 4) is 0 Å². The van der Waals surface area contributed by atoms with Gasteiger partial charge >= 0.3 is 0 Å². The number of hydrogen-bond donors (Lipinski definition) is 2. The van der Waals surface area contributed by atoms with Crippen molar-refractivity contribution >= 4 is 10.0 Å².